The highest BCUT2D eigenvalue weighted by molar-refractivity contribution is 5.37. The first-order chi connectivity index (χ1) is 7.83. The number of piperidine rings is 1. The Labute approximate surface area is 96.3 Å². The summed E-state index contributed by atoms with van der Waals surface area (Å²) < 4.78 is 0. The van der Waals surface area contributed by atoms with Gasteiger partial charge in [-0.25, -0.2) is 0 Å². The molecule has 2 rings (SSSR count). The van der Waals surface area contributed by atoms with Crippen LogP contribution in [0.5, 0.6) is 0 Å². The molecular weight excluding hydrogens is 202 g/mol. The van der Waals surface area contributed by atoms with Crippen LogP contribution in [-0.2, 0) is 6.42 Å². The maximum absolute atomic E-state index is 9.07. The predicted octanol–water partition coefficient (Wildman–Crippen LogP) is 1.25. The number of nitrogens with zero attached hydrogens (tertiary/aromatic N) is 3. The summed E-state index contributed by atoms with van der Waals surface area (Å²) >= 11 is 0. The zero-order valence-electron chi connectivity index (χ0n) is 9.76. The van der Waals surface area contributed by atoms with E-state index in [1.807, 2.05) is 12.1 Å². The van der Waals surface area contributed by atoms with E-state index in [0.717, 1.165) is 43.9 Å². The average molecular weight is 221 g/mol. The van der Waals surface area contributed by atoms with Gasteiger partial charge >= 0.3 is 0 Å². The summed E-state index contributed by atoms with van der Waals surface area (Å²) in [6.07, 6.45) is 3.03. The van der Waals surface area contributed by atoms with Crippen molar-refractivity contribution in [3.05, 3.63) is 17.8 Å². The van der Waals surface area contributed by atoms with Crippen LogP contribution in [0.25, 0.3) is 0 Å². The minimum absolute atomic E-state index is 0.314. The highest BCUT2D eigenvalue weighted by Gasteiger charge is 2.19. The summed E-state index contributed by atoms with van der Waals surface area (Å²) in [6, 6.07) is 4.09. The molecule has 1 aromatic heterocycles. The number of aromatic nitrogens is 2. The topological polar surface area (TPSA) is 49.2 Å². The molecule has 4 nitrogen and oxygen atoms in total. The van der Waals surface area contributed by atoms with E-state index in [4.69, 9.17) is 5.11 Å². The van der Waals surface area contributed by atoms with Crippen LogP contribution in [0.2, 0.25) is 0 Å². The number of aryl methyl sites for hydroxylation is 1. The summed E-state index contributed by atoms with van der Waals surface area (Å²) in [7, 11) is 0. The lowest BCUT2D eigenvalue weighted by Gasteiger charge is -2.31. The monoisotopic (exact) mass is 221 g/mol. The molecular formula is C12H19N3O. The van der Waals surface area contributed by atoms with Crippen LogP contribution in [0.3, 0.4) is 0 Å². The molecule has 0 spiro atoms. The highest BCUT2D eigenvalue weighted by Crippen LogP contribution is 2.20. The Morgan fingerprint density at radius 3 is 2.56 bits per heavy atom. The van der Waals surface area contributed by atoms with Crippen molar-refractivity contribution in [2.24, 2.45) is 5.92 Å². The van der Waals surface area contributed by atoms with Crippen molar-refractivity contribution >= 4 is 5.82 Å². The molecule has 1 saturated heterocycles. The van der Waals surface area contributed by atoms with E-state index >= 15 is 0 Å². The van der Waals surface area contributed by atoms with Crippen molar-refractivity contribution in [2.45, 2.75) is 26.2 Å². The second-order valence-corrected chi connectivity index (χ2v) is 4.35. The third-order valence-electron chi connectivity index (χ3n) is 3.26. The summed E-state index contributed by atoms with van der Waals surface area (Å²) in [5.74, 6) is 1.44. The van der Waals surface area contributed by atoms with E-state index in [-0.39, 0.29) is 0 Å². The maximum atomic E-state index is 9.07. The average Bonchev–Trinajstić information content (AvgIpc) is 2.39. The van der Waals surface area contributed by atoms with Crippen molar-refractivity contribution in [2.75, 3.05) is 24.6 Å². The van der Waals surface area contributed by atoms with E-state index in [2.05, 4.69) is 22.0 Å². The minimum Gasteiger partial charge on any atom is -0.396 e. The number of hydrogen-bond donors (Lipinski definition) is 1. The van der Waals surface area contributed by atoms with Gasteiger partial charge in [0.05, 0.1) is 5.69 Å². The minimum atomic E-state index is 0.314. The molecule has 2 heterocycles. The van der Waals surface area contributed by atoms with Crippen LogP contribution in [0, 0.1) is 5.92 Å². The summed E-state index contributed by atoms with van der Waals surface area (Å²) in [5.41, 5.74) is 1.04. The molecule has 1 aliphatic rings. The molecule has 0 bridgehead atoms. The SMILES string of the molecule is CCc1ccc(N2CCC(CO)CC2)nn1. The zero-order chi connectivity index (χ0) is 11.4. The molecule has 0 aliphatic carbocycles. The number of aliphatic hydroxyl groups excluding tert-OH is 1. The fourth-order valence-electron chi connectivity index (χ4n) is 2.05. The van der Waals surface area contributed by atoms with Crippen LogP contribution in [0.1, 0.15) is 25.5 Å². The molecule has 0 radical (unpaired) electrons. The van der Waals surface area contributed by atoms with Gasteiger partial charge in [-0.05, 0) is 37.3 Å². The van der Waals surface area contributed by atoms with Crippen LogP contribution >= 0.6 is 0 Å². The van der Waals surface area contributed by atoms with E-state index in [1.165, 1.54) is 0 Å². The van der Waals surface area contributed by atoms with Gasteiger partial charge < -0.3 is 10.0 Å². The number of hydrogen-bond acceptors (Lipinski definition) is 4. The van der Waals surface area contributed by atoms with E-state index < -0.39 is 0 Å². The van der Waals surface area contributed by atoms with Gasteiger partial charge in [0, 0.05) is 19.7 Å². The molecule has 88 valence electrons. The smallest absolute Gasteiger partial charge is 0.151 e. The van der Waals surface area contributed by atoms with Crippen molar-refractivity contribution < 1.29 is 5.11 Å². The molecule has 0 aromatic carbocycles. The molecule has 1 fully saturated rings. The summed E-state index contributed by atoms with van der Waals surface area (Å²) in [4.78, 5) is 2.25. The second-order valence-electron chi connectivity index (χ2n) is 4.35. The largest absolute Gasteiger partial charge is 0.396 e. The third kappa shape index (κ3) is 2.50. The normalized spacial score (nSPS) is 17.8. The fraction of sp³-hybridized carbons (Fsp3) is 0.667. The lowest BCUT2D eigenvalue weighted by atomic mass is 9.98. The van der Waals surface area contributed by atoms with Gasteiger partial charge in [-0.3, -0.25) is 0 Å². The van der Waals surface area contributed by atoms with E-state index in [1.54, 1.807) is 0 Å². The van der Waals surface area contributed by atoms with Crippen LogP contribution in [0.15, 0.2) is 12.1 Å². The Bertz CT molecular complexity index is 318. The first-order valence-corrected chi connectivity index (χ1v) is 6.02. The molecule has 0 saturated carbocycles. The quantitative estimate of drug-likeness (QED) is 0.834. The van der Waals surface area contributed by atoms with Crippen molar-refractivity contribution in [1.29, 1.82) is 0 Å². The molecule has 4 heteroatoms. The summed E-state index contributed by atoms with van der Waals surface area (Å²) in [6.45, 7) is 4.35. The molecule has 1 aliphatic heterocycles. The van der Waals surface area contributed by atoms with Gasteiger partial charge in [-0.1, -0.05) is 6.92 Å². The number of aliphatic hydroxyl groups is 1. The molecule has 0 amide bonds. The van der Waals surface area contributed by atoms with Gasteiger partial charge in [0.1, 0.15) is 0 Å². The first-order valence-electron chi connectivity index (χ1n) is 6.02. The van der Waals surface area contributed by atoms with Crippen LogP contribution in [-0.4, -0.2) is 35.0 Å². The number of rotatable bonds is 3. The third-order valence-corrected chi connectivity index (χ3v) is 3.26. The lowest BCUT2D eigenvalue weighted by Crippen LogP contribution is -2.35. The van der Waals surface area contributed by atoms with Gasteiger partial charge in [-0.2, -0.15) is 5.10 Å². The Kier molecular flexibility index (Phi) is 3.72. The maximum Gasteiger partial charge on any atom is 0.151 e. The first kappa shape index (κ1) is 11.3. The van der Waals surface area contributed by atoms with Crippen molar-refractivity contribution in [1.82, 2.24) is 10.2 Å². The van der Waals surface area contributed by atoms with Crippen molar-refractivity contribution in [3.63, 3.8) is 0 Å². The van der Waals surface area contributed by atoms with E-state index in [0.29, 0.717) is 12.5 Å². The molecule has 16 heavy (non-hydrogen) atoms. The standard InChI is InChI=1S/C12H19N3O/c1-2-11-3-4-12(14-13-11)15-7-5-10(9-16)6-8-15/h3-4,10,16H,2,5-9H2,1H3. The van der Waals surface area contributed by atoms with E-state index in [9.17, 15) is 0 Å². The van der Waals surface area contributed by atoms with Crippen LogP contribution in [0.4, 0.5) is 5.82 Å². The zero-order valence-corrected chi connectivity index (χ0v) is 9.76. The number of anilines is 1. The van der Waals surface area contributed by atoms with Gasteiger partial charge in [0.25, 0.3) is 0 Å². The predicted molar refractivity (Wildman–Crippen MR) is 63.4 cm³/mol. The molecule has 0 unspecified atom stereocenters. The highest BCUT2D eigenvalue weighted by atomic mass is 16.3. The van der Waals surface area contributed by atoms with Crippen molar-refractivity contribution in [3.8, 4) is 0 Å². The van der Waals surface area contributed by atoms with Gasteiger partial charge in [0.15, 0.2) is 5.82 Å². The Morgan fingerprint density at radius 1 is 1.31 bits per heavy atom. The molecule has 1 N–H and O–H groups in total. The van der Waals surface area contributed by atoms with Gasteiger partial charge in [-0.15, -0.1) is 5.10 Å². The Balaban J connectivity index is 1.97. The lowest BCUT2D eigenvalue weighted by molar-refractivity contribution is 0.202. The van der Waals surface area contributed by atoms with Gasteiger partial charge in [0.2, 0.25) is 0 Å². The Hall–Kier alpha value is -1.16. The Morgan fingerprint density at radius 2 is 2.06 bits per heavy atom. The molecule has 1 aromatic rings. The second kappa shape index (κ2) is 5.25. The summed E-state index contributed by atoms with van der Waals surface area (Å²) in [5, 5.41) is 17.5. The molecule has 0 atom stereocenters. The van der Waals surface area contributed by atoms with Crippen LogP contribution < -0.4 is 4.90 Å². The fourth-order valence-corrected chi connectivity index (χ4v) is 2.05.